The summed E-state index contributed by atoms with van der Waals surface area (Å²) >= 11 is 0. The molecule has 0 aliphatic rings. The highest BCUT2D eigenvalue weighted by Gasteiger charge is 1.90. The van der Waals surface area contributed by atoms with Crippen molar-refractivity contribution < 1.29 is 17.8 Å². The minimum atomic E-state index is -3.80. The first kappa shape index (κ1) is 2.52. The van der Waals surface area contributed by atoms with Crippen molar-refractivity contribution in [2.24, 2.45) is 0 Å². The zero-order chi connectivity index (χ0) is 20.5. The lowest BCUT2D eigenvalue weighted by Crippen LogP contribution is -1.80. The molecule has 0 fully saturated rings. The van der Waals surface area contributed by atoms with E-state index in [0.29, 0.717) is 6.42 Å². The van der Waals surface area contributed by atoms with Crippen molar-refractivity contribution in [3.05, 3.63) is 0 Å². The summed E-state index contributed by atoms with van der Waals surface area (Å²) in [4.78, 5) is 0. The van der Waals surface area contributed by atoms with Crippen LogP contribution in [0.2, 0.25) is 0 Å². The van der Waals surface area contributed by atoms with Crippen LogP contribution >= 0.6 is 0 Å². The Bertz CT molecular complexity index is 435. The van der Waals surface area contributed by atoms with Gasteiger partial charge in [0, 0.05) is 17.8 Å². The van der Waals surface area contributed by atoms with Crippen LogP contribution in [0.1, 0.15) is 95.6 Å². The lowest BCUT2D eigenvalue weighted by Gasteiger charge is -1.99. The summed E-state index contributed by atoms with van der Waals surface area (Å²) in [6.07, 6.45) is -15.4. The zero-order valence-corrected chi connectivity index (χ0v) is 7.54. The minimum absolute atomic E-state index is 0.256. The van der Waals surface area contributed by atoms with Crippen LogP contribution in [0.3, 0.4) is 0 Å². The molecule has 0 unspecified atom stereocenters. The molecular formula is C12H26. The van der Waals surface area contributed by atoms with Gasteiger partial charge >= 0.3 is 0 Å². The van der Waals surface area contributed by atoms with E-state index >= 15 is 0 Å². The molecular weight excluding hydrogens is 144 g/mol. The zero-order valence-electron chi connectivity index (χ0n) is 20.5. The Morgan fingerprint density at radius 2 is 1.67 bits per heavy atom. The lowest BCUT2D eigenvalue weighted by atomic mass is 10.1. The van der Waals surface area contributed by atoms with Gasteiger partial charge in [0.2, 0.25) is 0 Å². The van der Waals surface area contributed by atoms with Crippen LogP contribution in [0.4, 0.5) is 0 Å². The molecule has 0 bridgehead atoms. The summed E-state index contributed by atoms with van der Waals surface area (Å²) in [6, 6.07) is 0. The molecule has 0 atom stereocenters. The van der Waals surface area contributed by atoms with Gasteiger partial charge in [-0.25, -0.2) is 0 Å². The van der Waals surface area contributed by atoms with Gasteiger partial charge in [0.15, 0.2) is 0 Å². The molecule has 12 heavy (non-hydrogen) atoms. The highest BCUT2D eigenvalue weighted by Crippen LogP contribution is 2.09. The predicted octanol–water partition coefficient (Wildman–Crippen LogP) is 4.93. The molecule has 0 aromatic carbocycles. The van der Waals surface area contributed by atoms with Crippen molar-refractivity contribution in [3.63, 3.8) is 0 Å². The number of hydrogen-bond donors (Lipinski definition) is 0. The van der Waals surface area contributed by atoms with Gasteiger partial charge in [-0.1, -0.05) is 77.7 Å². The van der Waals surface area contributed by atoms with E-state index in [1.165, 1.54) is 0 Å². The number of unbranched alkanes of at least 4 members (excludes halogenated alkanes) is 3. The normalized spacial score (nSPS) is 33.6. The van der Waals surface area contributed by atoms with E-state index in [0.717, 1.165) is 12.8 Å². The molecule has 0 spiro atoms. The molecule has 0 amide bonds. The third-order valence-corrected chi connectivity index (χ3v) is 1.43. The van der Waals surface area contributed by atoms with E-state index in [1.54, 1.807) is 0 Å². The van der Waals surface area contributed by atoms with Gasteiger partial charge in [0.1, 0.15) is 0 Å². The van der Waals surface area contributed by atoms with Crippen molar-refractivity contribution in [3.8, 4) is 0 Å². The molecule has 0 nitrogen and oxygen atoms in total. The standard InChI is InChI=1S/C12H26/c1-3-5-7-9-11-12-10-8-6-4-2/h3-12H2,1-2H3/i1D3,3D2,5D2,7D2,9D2,11D2. The fraction of sp³-hybridized carbons (Fsp3) is 1.00. The molecule has 74 valence electrons. The van der Waals surface area contributed by atoms with Gasteiger partial charge in [-0.05, 0) is 0 Å². The SMILES string of the molecule is [2H]C([2H])([2H])C([2H])([2H])C([2H])([2H])C([2H])([2H])C([2H])([2H])C([2H])([2H])CCCCCC. The van der Waals surface area contributed by atoms with Crippen LogP contribution in [0, 0.1) is 0 Å². The fourth-order valence-electron chi connectivity index (χ4n) is 0.809. The summed E-state index contributed by atoms with van der Waals surface area (Å²) in [7, 11) is 0. The molecule has 0 aliphatic heterocycles. The Morgan fingerprint density at radius 1 is 0.917 bits per heavy atom. The molecule has 0 saturated carbocycles. The summed E-state index contributed by atoms with van der Waals surface area (Å²) in [5.41, 5.74) is 0. The Balaban J connectivity index is 5.79. The van der Waals surface area contributed by atoms with Crippen LogP contribution in [-0.4, -0.2) is 0 Å². The second-order valence-corrected chi connectivity index (χ2v) is 2.49. The van der Waals surface area contributed by atoms with E-state index < -0.39 is 38.7 Å². The lowest BCUT2D eigenvalue weighted by molar-refractivity contribution is 0.562. The number of hydrogen-bond acceptors (Lipinski definition) is 0. The van der Waals surface area contributed by atoms with Crippen molar-refractivity contribution in [2.45, 2.75) is 77.7 Å². The predicted molar refractivity (Wildman–Crippen MR) is 57.5 cm³/mol. The third-order valence-electron chi connectivity index (χ3n) is 1.43. The van der Waals surface area contributed by atoms with Gasteiger partial charge in [0.05, 0.1) is 0 Å². The van der Waals surface area contributed by atoms with Crippen molar-refractivity contribution in [1.82, 2.24) is 0 Å². The molecule has 0 rings (SSSR count). The third kappa shape index (κ3) is 10.0. The van der Waals surface area contributed by atoms with Crippen molar-refractivity contribution in [1.29, 1.82) is 0 Å². The van der Waals surface area contributed by atoms with Gasteiger partial charge in [-0.15, -0.1) is 0 Å². The van der Waals surface area contributed by atoms with E-state index in [-0.39, 0.29) is 12.8 Å². The number of rotatable bonds is 9. The Hall–Kier alpha value is 0. The van der Waals surface area contributed by atoms with Crippen LogP contribution < -0.4 is 0 Å². The molecule has 0 heteroatoms. The Kier molecular flexibility index (Phi) is 2.31. The summed E-state index contributed by atoms with van der Waals surface area (Å²) in [5.74, 6) is 0. The molecule has 0 radical (unpaired) electrons. The van der Waals surface area contributed by atoms with Crippen LogP contribution in [0.15, 0.2) is 0 Å². The van der Waals surface area contributed by atoms with E-state index in [2.05, 4.69) is 0 Å². The average molecular weight is 183 g/mol. The Labute approximate surface area is 97.0 Å². The maximum Gasteiger partial charge on any atom is 0.0267 e. The van der Waals surface area contributed by atoms with E-state index in [1.807, 2.05) is 6.92 Å². The summed E-state index contributed by atoms with van der Waals surface area (Å²) in [5, 5.41) is 0. The monoisotopic (exact) mass is 183 g/mol. The van der Waals surface area contributed by atoms with Crippen LogP contribution in [0.25, 0.3) is 0 Å². The Morgan fingerprint density at radius 3 is 2.42 bits per heavy atom. The smallest absolute Gasteiger partial charge is 0.0267 e. The maximum absolute atomic E-state index is 7.88. The molecule has 0 aliphatic carbocycles. The topological polar surface area (TPSA) is 0 Å². The van der Waals surface area contributed by atoms with Crippen LogP contribution in [0.5, 0.6) is 0 Å². The summed E-state index contributed by atoms with van der Waals surface area (Å²) in [6.45, 7) is -1.62. The summed E-state index contributed by atoms with van der Waals surface area (Å²) < 4.78 is 99.0. The van der Waals surface area contributed by atoms with Gasteiger partial charge in [-0.2, -0.15) is 0 Å². The maximum atomic E-state index is 7.88. The van der Waals surface area contributed by atoms with Gasteiger partial charge < -0.3 is 0 Å². The molecule has 0 heterocycles. The quantitative estimate of drug-likeness (QED) is 0.445. The second kappa shape index (κ2) is 11.0. The first-order valence-electron chi connectivity index (χ1n) is 10.8. The minimum Gasteiger partial charge on any atom is -0.0654 e. The van der Waals surface area contributed by atoms with E-state index in [4.69, 9.17) is 17.8 Å². The van der Waals surface area contributed by atoms with Gasteiger partial charge in [0.25, 0.3) is 0 Å². The average Bonchev–Trinajstić information content (AvgIpc) is 2.41. The highest BCUT2D eigenvalue weighted by molar-refractivity contribution is 4.45. The van der Waals surface area contributed by atoms with Gasteiger partial charge in [-0.3, -0.25) is 0 Å². The van der Waals surface area contributed by atoms with E-state index in [9.17, 15) is 0 Å². The van der Waals surface area contributed by atoms with Crippen molar-refractivity contribution in [2.75, 3.05) is 0 Å². The highest BCUT2D eigenvalue weighted by atomic mass is 14.0. The first-order chi connectivity index (χ1) is 10.8. The molecule has 0 N–H and O–H groups in total. The molecule has 0 saturated heterocycles. The van der Waals surface area contributed by atoms with Crippen molar-refractivity contribution >= 4 is 0 Å². The second-order valence-electron chi connectivity index (χ2n) is 2.49. The largest absolute Gasteiger partial charge is 0.0654 e. The first-order valence-corrected chi connectivity index (χ1v) is 4.31. The molecule has 0 aromatic rings. The fourth-order valence-corrected chi connectivity index (χ4v) is 0.809. The molecule has 0 aromatic heterocycles. The van der Waals surface area contributed by atoms with Crippen LogP contribution in [-0.2, 0) is 0 Å².